The standard InChI is InChI=1S/C29H32ClN5O2/c30-21-6-4-7-23(18-21)33-25-12-13-26(27-24(25)19-32-29(27)37)34-28(36)20-8-10-22(11-9-20)31-14-5-17-35-15-2-1-3-16-35/h4,6-13,18,31,33H,1-3,5,14-17,19H2,(H,32,37)(H,34,36). The molecular formula is C29H32ClN5O2. The molecule has 4 N–H and O–H groups in total. The van der Waals surface area contributed by atoms with Crippen LogP contribution in [-0.4, -0.2) is 42.9 Å². The van der Waals surface area contributed by atoms with Gasteiger partial charge < -0.3 is 26.2 Å². The maximum absolute atomic E-state index is 13.0. The van der Waals surface area contributed by atoms with Crippen molar-refractivity contribution in [3.8, 4) is 0 Å². The normalized spacial score (nSPS) is 15.1. The molecule has 37 heavy (non-hydrogen) atoms. The highest BCUT2D eigenvalue weighted by molar-refractivity contribution is 6.30. The summed E-state index contributed by atoms with van der Waals surface area (Å²) in [6, 6.07) is 18.5. The van der Waals surface area contributed by atoms with E-state index in [0.29, 0.717) is 28.4 Å². The fraction of sp³-hybridized carbons (Fsp3) is 0.310. The molecule has 0 spiro atoms. The number of carbonyl (C=O) groups is 2. The lowest BCUT2D eigenvalue weighted by Gasteiger charge is -2.26. The molecule has 2 aliphatic heterocycles. The molecule has 3 aromatic carbocycles. The van der Waals surface area contributed by atoms with Crippen molar-refractivity contribution in [2.24, 2.45) is 0 Å². The van der Waals surface area contributed by atoms with Crippen molar-refractivity contribution in [3.05, 3.63) is 82.4 Å². The molecule has 0 bridgehead atoms. The van der Waals surface area contributed by atoms with Crippen molar-refractivity contribution in [2.75, 3.05) is 42.1 Å². The van der Waals surface area contributed by atoms with E-state index >= 15 is 0 Å². The number of fused-ring (bicyclic) bond motifs is 1. The van der Waals surface area contributed by atoms with E-state index in [1.807, 2.05) is 36.4 Å². The first-order chi connectivity index (χ1) is 18.1. The predicted octanol–water partition coefficient (Wildman–Crippen LogP) is 5.87. The van der Waals surface area contributed by atoms with Gasteiger partial charge in [-0.15, -0.1) is 0 Å². The molecule has 0 radical (unpaired) electrons. The van der Waals surface area contributed by atoms with Crippen LogP contribution in [0.25, 0.3) is 0 Å². The van der Waals surface area contributed by atoms with E-state index in [-0.39, 0.29) is 11.8 Å². The number of hydrogen-bond donors (Lipinski definition) is 4. The van der Waals surface area contributed by atoms with Crippen molar-refractivity contribution in [1.29, 1.82) is 0 Å². The molecule has 3 aromatic rings. The van der Waals surface area contributed by atoms with Gasteiger partial charge in [-0.1, -0.05) is 24.1 Å². The Morgan fingerprint density at radius 1 is 0.946 bits per heavy atom. The first-order valence-electron chi connectivity index (χ1n) is 12.9. The smallest absolute Gasteiger partial charge is 0.255 e. The molecule has 7 nitrogen and oxygen atoms in total. The molecule has 2 amide bonds. The van der Waals surface area contributed by atoms with Gasteiger partial charge in [-0.3, -0.25) is 9.59 Å². The van der Waals surface area contributed by atoms with Gasteiger partial charge in [0.1, 0.15) is 0 Å². The van der Waals surface area contributed by atoms with Gasteiger partial charge in [-0.25, -0.2) is 0 Å². The number of amides is 2. The van der Waals surface area contributed by atoms with E-state index in [1.54, 1.807) is 24.3 Å². The zero-order chi connectivity index (χ0) is 25.6. The molecule has 1 fully saturated rings. The van der Waals surface area contributed by atoms with Crippen molar-refractivity contribution in [2.45, 2.75) is 32.2 Å². The number of benzene rings is 3. The molecule has 1 saturated heterocycles. The number of halogens is 1. The Morgan fingerprint density at radius 3 is 2.51 bits per heavy atom. The first kappa shape index (κ1) is 25.1. The van der Waals surface area contributed by atoms with Crippen LogP contribution in [0.4, 0.5) is 22.7 Å². The summed E-state index contributed by atoms with van der Waals surface area (Å²) in [7, 11) is 0. The lowest BCUT2D eigenvalue weighted by molar-refractivity contribution is 0.0966. The zero-order valence-corrected chi connectivity index (χ0v) is 21.5. The highest BCUT2D eigenvalue weighted by Gasteiger charge is 2.26. The minimum absolute atomic E-state index is 0.204. The summed E-state index contributed by atoms with van der Waals surface area (Å²) in [6.07, 6.45) is 5.08. The van der Waals surface area contributed by atoms with Crippen LogP contribution in [0.2, 0.25) is 5.02 Å². The van der Waals surface area contributed by atoms with Crippen LogP contribution in [-0.2, 0) is 6.54 Å². The second-order valence-electron chi connectivity index (χ2n) is 9.55. The van der Waals surface area contributed by atoms with Gasteiger partial charge in [0.2, 0.25) is 0 Å². The Balaban J connectivity index is 1.20. The molecule has 2 aliphatic rings. The minimum Gasteiger partial charge on any atom is -0.385 e. The van der Waals surface area contributed by atoms with Crippen molar-refractivity contribution in [3.63, 3.8) is 0 Å². The maximum Gasteiger partial charge on any atom is 0.255 e. The van der Waals surface area contributed by atoms with E-state index in [4.69, 9.17) is 11.6 Å². The molecular weight excluding hydrogens is 486 g/mol. The lowest BCUT2D eigenvalue weighted by atomic mass is 10.0. The molecule has 0 saturated carbocycles. The van der Waals surface area contributed by atoms with Crippen LogP contribution < -0.4 is 21.3 Å². The fourth-order valence-electron chi connectivity index (χ4n) is 4.94. The van der Waals surface area contributed by atoms with E-state index in [1.165, 1.54) is 32.4 Å². The number of piperidine rings is 1. The van der Waals surface area contributed by atoms with Crippen LogP contribution in [0.3, 0.4) is 0 Å². The first-order valence-corrected chi connectivity index (χ1v) is 13.3. The summed E-state index contributed by atoms with van der Waals surface area (Å²) in [5.41, 5.74) is 4.93. The summed E-state index contributed by atoms with van der Waals surface area (Å²) in [5.74, 6) is -0.460. The van der Waals surface area contributed by atoms with Crippen LogP contribution in [0.1, 0.15) is 52.0 Å². The average molecular weight is 518 g/mol. The second-order valence-corrected chi connectivity index (χ2v) is 9.98. The van der Waals surface area contributed by atoms with Crippen molar-refractivity contribution < 1.29 is 9.59 Å². The summed E-state index contributed by atoms with van der Waals surface area (Å²) >= 11 is 6.10. The third-order valence-corrected chi connectivity index (χ3v) is 7.13. The molecule has 2 heterocycles. The Kier molecular flexibility index (Phi) is 7.92. The monoisotopic (exact) mass is 517 g/mol. The molecule has 0 atom stereocenters. The van der Waals surface area contributed by atoms with Gasteiger partial charge in [-0.2, -0.15) is 0 Å². The van der Waals surface area contributed by atoms with E-state index < -0.39 is 0 Å². The third kappa shape index (κ3) is 6.24. The van der Waals surface area contributed by atoms with Crippen LogP contribution in [0, 0.1) is 0 Å². The summed E-state index contributed by atoms with van der Waals surface area (Å²) in [5, 5.41) is 13.2. The predicted molar refractivity (Wildman–Crippen MR) is 150 cm³/mol. The number of rotatable bonds is 9. The maximum atomic E-state index is 13.0. The SMILES string of the molecule is O=C(Nc1ccc(Nc2cccc(Cl)c2)c2c1C(=O)NC2)c1ccc(NCCCN2CCCCC2)cc1. The molecule has 5 rings (SSSR count). The van der Waals surface area contributed by atoms with Gasteiger partial charge in [0.15, 0.2) is 0 Å². The van der Waals surface area contributed by atoms with E-state index in [9.17, 15) is 9.59 Å². The number of nitrogens with one attached hydrogen (secondary N) is 4. The Hall–Kier alpha value is -3.55. The molecule has 0 unspecified atom stereocenters. The van der Waals surface area contributed by atoms with Gasteiger partial charge in [0, 0.05) is 46.3 Å². The number of carbonyl (C=O) groups excluding carboxylic acids is 2. The largest absolute Gasteiger partial charge is 0.385 e. The highest BCUT2D eigenvalue weighted by atomic mass is 35.5. The van der Waals surface area contributed by atoms with E-state index in [2.05, 4.69) is 26.2 Å². The van der Waals surface area contributed by atoms with Gasteiger partial charge >= 0.3 is 0 Å². The van der Waals surface area contributed by atoms with Crippen LogP contribution in [0.5, 0.6) is 0 Å². The quantitative estimate of drug-likeness (QED) is 0.267. The lowest BCUT2D eigenvalue weighted by Crippen LogP contribution is -2.31. The van der Waals surface area contributed by atoms with Crippen LogP contribution >= 0.6 is 11.6 Å². The summed E-state index contributed by atoms with van der Waals surface area (Å²) in [6.45, 7) is 4.85. The Morgan fingerprint density at radius 2 is 1.73 bits per heavy atom. The molecule has 8 heteroatoms. The Bertz CT molecular complexity index is 1270. The zero-order valence-electron chi connectivity index (χ0n) is 20.8. The highest BCUT2D eigenvalue weighted by Crippen LogP contribution is 2.33. The van der Waals surface area contributed by atoms with Gasteiger partial charge in [0.25, 0.3) is 11.8 Å². The van der Waals surface area contributed by atoms with Gasteiger partial charge in [0.05, 0.1) is 11.3 Å². The summed E-state index contributed by atoms with van der Waals surface area (Å²) in [4.78, 5) is 28.1. The van der Waals surface area contributed by atoms with Gasteiger partial charge in [-0.05, 0) is 93.5 Å². The van der Waals surface area contributed by atoms with Crippen LogP contribution in [0.15, 0.2) is 60.7 Å². The fourth-order valence-corrected chi connectivity index (χ4v) is 5.13. The number of nitrogens with zero attached hydrogens (tertiary/aromatic N) is 1. The number of anilines is 4. The topological polar surface area (TPSA) is 85.5 Å². The number of likely N-dealkylation sites (tertiary alicyclic amines) is 1. The average Bonchev–Trinajstić information content (AvgIpc) is 3.31. The van der Waals surface area contributed by atoms with Crippen molar-refractivity contribution in [1.82, 2.24) is 10.2 Å². The Labute approximate surface area is 222 Å². The summed E-state index contributed by atoms with van der Waals surface area (Å²) < 4.78 is 0. The molecule has 0 aromatic heterocycles. The molecule has 192 valence electrons. The van der Waals surface area contributed by atoms with E-state index in [0.717, 1.165) is 42.1 Å². The number of hydrogen-bond acceptors (Lipinski definition) is 5. The van der Waals surface area contributed by atoms with Crippen molar-refractivity contribution >= 4 is 46.2 Å². The molecule has 0 aliphatic carbocycles. The minimum atomic E-state index is -0.255. The third-order valence-electron chi connectivity index (χ3n) is 6.89. The second kappa shape index (κ2) is 11.7.